The molecule has 2 aliphatic heterocycles. The third-order valence-corrected chi connectivity index (χ3v) is 7.27. The maximum Gasteiger partial charge on any atom is 0.410 e. The number of amides is 1. The van der Waals surface area contributed by atoms with Crippen LogP contribution in [0.2, 0.25) is 0 Å². The van der Waals surface area contributed by atoms with E-state index in [0.29, 0.717) is 12.6 Å². The molecule has 1 saturated heterocycles. The van der Waals surface area contributed by atoms with E-state index in [9.17, 15) is 4.79 Å². The first-order chi connectivity index (χ1) is 14.3. The topological polar surface area (TPSA) is 29.5 Å². The summed E-state index contributed by atoms with van der Waals surface area (Å²) in [6.45, 7) is 0.418. The Morgan fingerprint density at radius 3 is 2.28 bits per heavy atom. The van der Waals surface area contributed by atoms with E-state index in [0.717, 1.165) is 25.2 Å². The predicted octanol–water partition coefficient (Wildman–Crippen LogP) is 5.90. The normalized spacial score (nSPS) is 24.8. The zero-order chi connectivity index (χ0) is 19.4. The molecule has 0 N–H and O–H groups in total. The van der Waals surface area contributed by atoms with Gasteiger partial charge in [0.15, 0.2) is 0 Å². The fraction of sp³-hybridized carbons (Fsp3) is 0.423. The second-order valence-electron chi connectivity index (χ2n) is 9.19. The molecule has 0 spiro atoms. The number of hydrogen-bond acceptors (Lipinski definition) is 2. The molecule has 29 heavy (non-hydrogen) atoms. The van der Waals surface area contributed by atoms with Crippen LogP contribution in [0.5, 0.6) is 0 Å². The average Bonchev–Trinajstić information content (AvgIpc) is 3.44. The van der Waals surface area contributed by atoms with E-state index in [1.165, 1.54) is 41.5 Å². The largest absolute Gasteiger partial charge is 0.448 e. The van der Waals surface area contributed by atoms with Gasteiger partial charge in [-0.1, -0.05) is 60.2 Å². The second-order valence-corrected chi connectivity index (χ2v) is 9.19. The number of ether oxygens (including phenoxy) is 1. The number of rotatable bonds is 4. The monoisotopic (exact) mass is 385 g/mol. The van der Waals surface area contributed by atoms with Gasteiger partial charge in [-0.15, -0.1) is 0 Å². The van der Waals surface area contributed by atoms with Crippen LogP contribution >= 0.6 is 0 Å². The molecule has 2 aliphatic carbocycles. The van der Waals surface area contributed by atoms with Crippen molar-refractivity contribution in [1.82, 2.24) is 4.90 Å². The minimum absolute atomic E-state index is 0.124. The first-order valence-corrected chi connectivity index (χ1v) is 11.1. The Morgan fingerprint density at radius 2 is 1.62 bits per heavy atom. The summed E-state index contributed by atoms with van der Waals surface area (Å²) in [5.41, 5.74) is 6.68. The lowest BCUT2D eigenvalue weighted by molar-refractivity contribution is 0.0848. The van der Waals surface area contributed by atoms with Crippen LogP contribution in [0.15, 0.2) is 60.2 Å². The molecule has 0 radical (unpaired) electrons. The lowest BCUT2D eigenvalue weighted by Gasteiger charge is -2.33. The van der Waals surface area contributed by atoms with Gasteiger partial charge in [0.25, 0.3) is 0 Å². The summed E-state index contributed by atoms with van der Waals surface area (Å²) in [4.78, 5) is 15.1. The van der Waals surface area contributed by atoms with Crippen molar-refractivity contribution in [2.24, 2.45) is 5.92 Å². The van der Waals surface area contributed by atoms with Crippen LogP contribution in [-0.4, -0.2) is 29.7 Å². The minimum atomic E-state index is -0.124. The van der Waals surface area contributed by atoms with Gasteiger partial charge >= 0.3 is 6.09 Å². The highest BCUT2D eigenvalue weighted by Crippen LogP contribution is 2.45. The van der Waals surface area contributed by atoms with Gasteiger partial charge in [0, 0.05) is 12.0 Å². The molecule has 3 nitrogen and oxygen atoms in total. The van der Waals surface area contributed by atoms with Gasteiger partial charge in [0.1, 0.15) is 6.61 Å². The van der Waals surface area contributed by atoms with Crippen molar-refractivity contribution in [1.29, 1.82) is 0 Å². The molecular formula is C26H27NO2. The summed E-state index contributed by atoms with van der Waals surface area (Å²) < 4.78 is 5.95. The summed E-state index contributed by atoms with van der Waals surface area (Å²) in [5.74, 6) is 1.05. The quantitative estimate of drug-likeness (QED) is 0.613. The lowest BCUT2D eigenvalue weighted by Crippen LogP contribution is -2.43. The third-order valence-electron chi connectivity index (χ3n) is 7.27. The Bertz CT molecular complexity index is 944. The molecular weight excluding hydrogens is 358 g/mol. The van der Waals surface area contributed by atoms with Crippen molar-refractivity contribution in [3.05, 3.63) is 71.3 Å². The molecule has 2 fully saturated rings. The van der Waals surface area contributed by atoms with Crippen molar-refractivity contribution in [3.63, 3.8) is 0 Å². The Kier molecular flexibility index (Phi) is 4.04. The van der Waals surface area contributed by atoms with Gasteiger partial charge in [-0.05, 0) is 66.7 Å². The molecule has 3 heteroatoms. The number of carbonyl (C=O) groups excluding carboxylic acids is 1. The van der Waals surface area contributed by atoms with Crippen molar-refractivity contribution in [2.75, 3.05) is 6.61 Å². The van der Waals surface area contributed by atoms with Crippen LogP contribution in [-0.2, 0) is 4.74 Å². The molecule has 4 aliphatic rings. The van der Waals surface area contributed by atoms with E-state index < -0.39 is 0 Å². The summed E-state index contributed by atoms with van der Waals surface area (Å²) in [5, 5.41) is 0. The lowest BCUT2D eigenvalue weighted by atomic mass is 9.97. The predicted molar refractivity (Wildman–Crippen MR) is 114 cm³/mol. The van der Waals surface area contributed by atoms with Crippen LogP contribution in [0.4, 0.5) is 4.79 Å². The Balaban J connectivity index is 1.18. The number of benzene rings is 2. The first kappa shape index (κ1) is 17.3. The standard InChI is InChI=1S/C26H27NO2/c28-26(27-19-11-12-20(27)15-18(14-19)13-17-9-10-17)29-16-25-23-7-3-1-5-21(23)22-6-2-4-8-24(22)25/h1-8,14,17,19-20,25H,9-13,15-16H2. The molecule has 2 aromatic carbocycles. The molecule has 2 atom stereocenters. The highest BCUT2D eigenvalue weighted by molar-refractivity contribution is 5.79. The van der Waals surface area contributed by atoms with Crippen LogP contribution < -0.4 is 0 Å². The number of hydrogen-bond donors (Lipinski definition) is 0. The van der Waals surface area contributed by atoms with Crippen molar-refractivity contribution in [2.45, 2.75) is 56.5 Å². The highest BCUT2D eigenvalue weighted by Gasteiger charge is 2.41. The Hall–Kier alpha value is -2.55. The third kappa shape index (κ3) is 2.99. The smallest absolute Gasteiger partial charge is 0.410 e. The average molecular weight is 386 g/mol. The molecule has 2 unspecified atom stereocenters. The van der Waals surface area contributed by atoms with Crippen LogP contribution in [0.3, 0.4) is 0 Å². The van der Waals surface area contributed by atoms with Gasteiger partial charge < -0.3 is 4.74 Å². The Labute approximate surface area is 172 Å². The summed E-state index contributed by atoms with van der Waals surface area (Å²) in [6.07, 6.45) is 9.54. The molecule has 2 heterocycles. The molecule has 1 amide bonds. The number of carbonyl (C=O) groups is 1. The maximum absolute atomic E-state index is 13.1. The van der Waals surface area contributed by atoms with Crippen molar-refractivity contribution >= 4 is 6.09 Å². The van der Waals surface area contributed by atoms with E-state index in [2.05, 4.69) is 54.6 Å². The number of nitrogens with zero attached hydrogens (tertiary/aromatic N) is 1. The first-order valence-electron chi connectivity index (χ1n) is 11.1. The van der Waals surface area contributed by atoms with E-state index >= 15 is 0 Å². The van der Waals surface area contributed by atoms with Crippen LogP contribution in [0, 0.1) is 5.92 Å². The fourth-order valence-electron chi connectivity index (χ4n) is 5.72. The van der Waals surface area contributed by atoms with Gasteiger partial charge in [-0.25, -0.2) is 4.79 Å². The Morgan fingerprint density at radius 1 is 0.931 bits per heavy atom. The zero-order valence-electron chi connectivity index (χ0n) is 16.7. The number of fused-ring (bicyclic) bond motifs is 5. The molecule has 2 bridgehead atoms. The SMILES string of the molecule is O=C(OCC1c2ccccc2-c2ccccc21)N1C2C=C(CC3CC3)CC1CC2. The maximum atomic E-state index is 13.1. The second kappa shape index (κ2) is 6.76. The highest BCUT2D eigenvalue weighted by atomic mass is 16.6. The summed E-state index contributed by atoms with van der Waals surface area (Å²) in [6, 6.07) is 17.6. The van der Waals surface area contributed by atoms with E-state index in [4.69, 9.17) is 4.74 Å². The van der Waals surface area contributed by atoms with Gasteiger partial charge in [-0.3, -0.25) is 4.90 Å². The van der Waals surface area contributed by atoms with Gasteiger partial charge in [-0.2, -0.15) is 0 Å². The minimum Gasteiger partial charge on any atom is -0.448 e. The molecule has 148 valence electrons. The van der Waals surface area contributed by atoms with E-state index in [-0.39, 0.29) is 18.1 Å². The molecule has 2 aromatic rings. The molecule has 6 rings (SSSR count). The van der Waals surface area contributed by atoms with Crippen molar-refractivity contribution < 1.29 is 9.53 Å². The van der Waals surface area contributed by atoms with Crippen molar-refractivity contribution in [3.8, 4) is 11.1 Å². The summed E-state index contributed by atoms with van der Waals surface area (Å²) in [7, 11) is 0. The molecule has 0 aromatic heterocycles. The summed E-state index contributed by atoms with van der Waals surface area (Å²) >= 11 is 0. The van der Waals surface area contributed by atoms with Crippen LogP contribution in [0.1, 0.15) is 55.6 Å². The van der Waals surface area contributed by atoms with E-state index in [1.54, 1.807) is 5.57 Å². The molecule has 1 saturated carbocycles. The van der Waals surface area contributed by atoms with Gasteiger partial charge in [0.05, 0.1) is 6.04 Å². The zero-order valence-corrected chi connectivity index (χ0v) is 16.7. The van der Waals surface area contributed by atoms with Crippen LogP contribution in [0.25, 0.3) is 11.1 Å². The fourth-order valence-corrected chi connectivity index (χ4v) is 5.72. The van der Waals surface area contributed by atoms with E-state index in [1.807, 2.05) is 4.90 Å². The van der Waals surface area contributed by atoms with Gasteiger partial charge in [0.2, 0.25) is 0 Å².